The highest BCUT2D eigenvalue weighted by Crippen LogP contribution is 2.28. The van der Waals surface area contributed by atoms with Gasteiger partial charge in [-0.25, -0.2) is 21.6 Å². The maximum absolute atomic E-state index is 13.8. The van der Waals surface area contributed by atoms with Gasteiger partial charge in [0.2, 0.25) is 10.0 Å². The molecule has 0 bridgehead atoms. The van der Waals surface area contributed by atoms with E-state index in [0.717, 1.165) is 31.3 Å². The third kappa shape index (κ3) is 3.39. The fourth-order valence-electron chi connectivity index (χ4n) is 2.15. The fourth-order valence-corrected chi connectivity index (χ4v) is 3.56. The van der Waals surface area contributed by atoms with Crippen LogP contribution in [0, 0.1) is 17.5 Å². The Morgan fingerprint density at radius 3 is 2.39 bits per heavy atom. The van der Waals surface area contributed by atoms with Crippen LogP contribution in [0.25, 0.3) is 0 Å². The van der Waals surface area contributed by atoms with Gasteiger partial charge in [0.25, 0.3) is 0 Å². The van der Waals surface area contributed by atoms with Crippen LogP contribution in [0.4, 0.5) is 13.2 Å². The van der Waals surface area contributed by atoms with Gasteiger partial charge in [-0.1, -0.05) is 18.2 Å². The molecule has 8 heteroatoms. The predicted molar refractivity (Wildman–Crippen MR) is 77.5 cm³/mol. The van der Waals surface area contributed by atoms with Gasteiger partial charge >= 0.3 is 0 Å². The number of aliphatic hydroxyl groups excluding tert-OH is 1. The number of hydrogen-bond acceptors (Lipinski definition) is 3. The molecule has 0 heterocycles. The van der Waals surface area contributed by atoms with E-state index in [1.54, 1.807) is 0 Å². The van der Waals surface area contributed by atoms with Crippen molar-refractivity contribution in [1.82, 2.24) is 4.31 Å². The first kappa shape index (κ1) is 17.5. The van der Waals surface area contributed by atoms with Gasteiger partial charge in [0.05, 0.1) is 12.6 Å². The first-order valence-electron chi connectivity index (χ1n) is 6.57. The molecule has 23 heavy (non-hydrogen) atoms. The monoisotopic (exact) mass is 345 g/mol. The summed E-state index contributed by atoms with van der Waals surface area (Å²) in [5.41, 5.74) is 0.190. The lowest BCUT2D eigenvalue weighted by molar-refractivity contribution is 0.203. The molecular weight excluding hydrogens is 331 g/mol. The van der Waals surface area contributed by atoms with E-state index in [1.165, 1.54) is 18.2 Å². The quantitative estimate of drug-likeness (QED) is 0.906. The molecule has 1 atom stereocenters. The van der Waals surface area contributed by atoms with Crippen molar-refractivity contribution in [2.75, 3.05) is 13.7 Å². The van der Waals surface area contributed by atoms with Crippen LogP contribution in [0.2, 0.25) is 0 Å². The molecule has 0 fully saturated rings. The van der Waals surface area contributed by atoms with Crippen molar-refractivity contribution in [3.05, 3.63) is 65.5 Å². The summed E-state index contributed by atoms with van der Waals surface area (Å²) in [6, 6.07) is 6.66. The van der Waals surface area contributed by atoms with Crippen molar-refractivity contribution in [3.63, 3.8) is 0 Å². The van der Waals surface area contributed by atoms with Gasteiger partial charge < -0.3 is 5.11 Å². The van der Waals surface area contributed by atoms with Crippen LogP contribution < -0.4 is 0 Å². The lowest BCUT2D eigenvalue weighted by atomic mass is 10.1. The lowest BCUT2D eigenvalue weighted by Gasteiger charge is -2.26. The summed E-state index contributed by atoms with van der Waals surface area (Å²) < 4.78 is 66.0. The largest absolute Gasteiger partial charge is 0.394 e. The van der Waals surface area contributed by atoms with Crippen LogP contribution in [0.5, 0.6) is 0 Å². The number of hydrogen-bond donors (Lipinski definition) is 1. The first-order chi connectivity index (χ1) is 10.8. The number of aliphatic hydroxyl groups is 1. The van der Waals surface area contributed by atoms with Crippen LogP contribution in [0.1, 0.15) is 11.6 Å². The Labute approximate surface area is 131 Å². The molecule has 0 saturated heterocycles. The van der Waals surface area contributed by atoms with E-state index in [2.05, 4.69) is 0 Å². The zero-order valence-corrected chi connectivity index (χ0v) is 12.9. The number of nitrogens with zero attached hydrogens (tertiary/aromatic N) is 1. The highest BCUT2D eigenvalue weighted by Gasteiger charge is 2.32. The molecule has 1 N–H and O–H groups in total. The maximum atomic E-state index is 13.8. The minimum Gasteiger partial charge on any atom is -0.394 e. The van der Waals surface area contributed by atoms with Crippen molar-refractivity contribution >= 4 is 10.0 Å². The van der Waals surface area contributed by atoms with E-state index in [4.69, 9.17) is 0 Å². The molecule has 0 saturated carbocycles. The number of benzene rings is 2. The van der Waals surface area contributed by atoms with Crippen LogP contribution in [-0.4, -0.2) is 31.5 Å². The molecule has 0 spiro atoms. The number of likely N-dealkylation sites (N-methyl/N-ethyl adjacent to an activating group) is 1. The summed E-state index contributed by atoms with van der Waals surface area (Å²) in [6.07, 6.45) is 0. The zero-order chi connectivity index (χ0) is 17.2. The molecule has 0 aromatic heterocycles. The lowest BCUT2D eigenvalue weighted by Crippen LogP contribution is -2.34. The normalized spacial score (nSPS) is 13.3. The van der Waals surface area contributed by atoms with Crippen LogP contribution in [-0.2, 0) is 10.0 Å². The number of rotatable bonds is 5. The molecule has 0 unspecified atom stereocenters. The topological polar surface area (TPSA) is 57.6 Å². The Morgan fingerprint density at radius 1 is 1.13 bits per heavy atom. The van der Waals surface area contributed by atoms with Gasteiger partial charge in [-0.15, -0.1) is 0 Å². The summed E-state index contributed by atoms with van der Waals surface area (Å²) in [5, 5.41) is 9.48. The molecule has 4 nitrogen and oxygen atoms in total. The molecule has 0 amide bonds. The number of halogens is 3. The van der Waals surface area contributed by atoms with Gasteiger partial charge in [0, 0.05) is 7.05 Å². The zero-order valence-electron chi connectivity index (χ0n) is 12.1. The molecule has 2 aromatic carbocycles. The minimum atomic E-state index is -4.43. The van der Waals surface area contributed by atoms with Crippen molar-refractivity contribution < 1.29 is 26.7 Å². The smallest absolute Gasteiger partial charge is 0.246 e. The molecule has 0 aliphatic heterocycles. The Hall–Kier alpha value is -1.90. The van der Waals surface area contributed by atoms with E-state index in [1.807, 2.05) is 0 Å². The molecule has 124 valence electrons. The van der Waals surface area contributed by atoms with Crippen molar-refractivity contribution in [2.45, 2.75) is 10.9 Å². The van der Waals surface area contributed by atoms with Crippen molar-refractivity contribution in [2.24, 2.45) is 0 Å². The third-order valence-corrected chi connectivity index (χ3v) is 5.30. The Bertz CT molecular complexity index is 811. The van der Waals surface area contributed by atoms with Crippen LogP contribution in [0.15, 0.2) is 47.4 Å². The van der Waals surface area contributed by atoms with Gasteiger partial charge in [0.15, 0.2) is 11.6 Å². The highest BCUT2D eigenvalue weighted by molar-refractivity contribution is 7.89. The minimum absolute atomic E-state index is 0.190. The van der Waals surface area contributed by atoms with Crippen LogP contribution >= 0.6 is 0 Å². The summed E-state index contributed by atoms with van der Waals surface area (Å²) in [6.45, 7) is -0.657. The Morgan fingerprint density at radius 2 is 1.78 bits per heavy atom. The average molecular weight is 345 g/mol. The van der Waals surface area contributed by atoms with Crippen LogP contribution in [0.3, 0.4) is 0 Å². The Kier molecular flexibility index (Phi) is 5.08. The maximum Gasteiger partial charge on any atom is 0.246 e. The highest BCUT2D eigenvalue weighted by atomic mass is 32.2. The summed E-state index contributed by atoms with van der Waals surface area (Å²) >= 11 is 0. The second-order valence-corrected chi connectivity index (χ2v) is 6.79. The van der Waals surface area contributed by atoms with Gasteiger partial charge in [-0.05, 0) is 29.8 Å². The van der Waals surface area contributed by atoms with Gasteiger partial charge in [-0.2, -0.15) is 4.31 Å². The van der Waals surface area contributed by atoms with E-state index in [9.17, 15) is 26.7 Å². The molecule has 0 aliphatic rings. The number of sulfonamides is 1. The van der Waals surface area contributed by atoms with E-state index < -0.39 is 45.0 Å². The van der Waals surface area contributed by atoms with E-state index in [-0.39, 0.29) is 5.56 Å². The average Bonchev–Trinajstić information content (AvgIpc) is 2.50. The fraction of sp³-hybridized carbons (Fsp3) is 0.200. The van der Waals surface area contributed by atoms with Crippen molar-refractivity contribution in [3.8, 4) is 0 Å². The summed E-state index contributed by atoms with van der Waals surface area (Å²) in [4.78, 5) is -0.852. The second kappa shape index (κ2) is 6.69. The van der Waals surface area contributed by atoms with Gasteiger partial charge in [-0.3, -0.25) is 0 Å². The van der Waals surface area contributed by atoms with E-state index in [0.29, 0.717) is 4.31 Å². The molecule has 2 rings (SSSR count). The van der Waals surface area contributed by atoms with Crippen molar-refractivity contribution in [1.29, 1.82) is 0 Å². The standard InChI is InChI=1S/C15H14F3NO3S/c1-19(13(9-20)10-4-2-5-11(16)8-10)23(21,22)14-7-3-6-12(17)15(14)18/h2-8,13,20H,9H2,1H3/t13-/m0/s1. The van der Waals surface area contributed by atoms with E-state index >= 15 is 0 Å². The third-order valence-electron chi connectivity index (χ3n) is 3.42. The Balaban J connectivity index is 2.48. The SMILES string of the molecule is CN([C@@H](CO)c1cccc(F)c1)S(=O)(=O)c1cccc(F)c1F. The second-order valence-electron chi connectivity index (χ2n) is 4.83. The molecule has 0 aliphatic carbocycles. The molecular formula is C15H14F3NO3S. The summed E-state index contributed by atoms with van der Waals surface area (Å²) in [5.74, 6) is -3.41. The summed E-state index contributed by atoms with van der Waals surface area (Å²) in [7, 11) is -3.33. The van der Waals surface area contributed by atoms with Gasteiger partial charge in [0.1, 0.15) is 10.7 Å². The molecule has 0 radical (unpaired) electrons. The molecule has 2 aromatic rings. The first-order valence-corrected chi connectivity index (χ1v) is 8.01. The predicted octanol–water partition coefficient (Wildman–Crippen LogP) is 2.46.